The monoisotopic (exact) mass is 455 g/mol. The van der Waals surface area contributed by atoms with Gasteiger partial charge in [0.25, 0.3) is 17.7 Å². The summed E-state index contributed by atoms with van der Waals surface area (Å²) >= 11 is 0. The molecule has 0 fully saturated rings. The van der Waals surface area contributed by atoms with Crippen molar-refractivity contribution >= 4 is 23.4 Å². The molecule has 0 spiro atoms. The fraction of sp³-hybridized carbons (Fsp3) is 0.0800. The van der Waals surface area contributed by atoms with Crippen LogP contribution in [-0.2, 0) is 13.1 Å². The van der Waals surface area contributed by atoms with Gasteiger partial charge in [0, 0.05) is 5.56 Å². The Morgan fingerprint density at radius 2 is 1.62 bits per heavy atom. The lowest BCUT2D eigenvalue weighted by Crippen LogP contribution is -2.30. The van der Waals surface area contributed by atoms with Crippen molar-refractivity contribution in [2.45, 2.75) is 13.1 Å². The van der Waals surface area contributed by atoms with E-state index in [1.165, 1.54) is 18.2 Å². The lowest BCUT2D eigenvalue weighted by Gasteiger charge is -2.15. The van der Waals surface area contributed by atoms with Crippen LogP contribution in [0.1, 0.15) is 42.3 Å². The van der Waals surface area contributed by atoms with Gasteiger partial charge in [-0.25, -0.2) is 14.0 Å². The van der Waals surface area contributed by atoms with Gasteiger partial charge in [0.1, 0.15) is 11.5 Å². The molecular weight excluding hydrogens is 437 g/mol. The van der Waals surface area contributed by atoms with Crippen molar-refractivity contribution in [3.63, 3.8) is 0 Å². The number of aromatic nitrogens is 3. The van der Waals surface area contributed by atoms with Gasteiger partial charge in [-0.1, -0.05) is 35.5 Å². The van der Waals surface area contributed by atoms with E-state index in [1.807, 2.05) is 0 Å². The second-order valence-corrected chi connectivity index (χ2v) is 7.76. The smallest absolute Gasteiger partial charge is 0.266 e. The third-order valence-electron chi connectivity index (χ3n) is 5.43. The molecule has 0 aliphatic carbocycles. The number of amides is 3. The number of rotatable bonds is 6. The summed E-state index contributed by atoms with van der Waals surface area (Å²) in [7, 11) is 0. The molecule has 0 radical (unpaired) electrons. The molecule has 0 bridgehead atoms. The molecule has 1 aliphatic rings. The van der Waals surface area contributed by atoms with Crippen LogP contribution in [0.4, 0.5) is 10.1 Å². The molecule has 168 valence electrons. The van der Waals surface area contributed by atoms with Crippen molar-refractivity contribution in [2.75, 3.05) is 4.90 Å². The van der Waals surface area contributed by atoms with Crippen LogP contribution in [0.15, 0.2) is 79.0 Å². The van der Waals surface area contributed by atoms with Gasteiger partial charge in [-0.15, -0.1) is 5.10 Å². The Bertz CT molecular complexity index is 1380. The molecule has 0 atom stereocenters. The minimum absolute atomic E-state index is 0.138. The highest BCUT2D eigenvalue weighted by molar-refractivity contribution is 6.34. The molecule has 3 aromatic carbocycles. The highest BCUT2D eigenvalue weighted by atomic mass is 19.1. The van der Waals surface area contributed by atoms with Gasteiger partial charge in [0.2, 0.25) is 0 Å². The highest BCUT2D eigenvalue weighted by Crippen LogP contribution is 2.28. The van der Waals surface area contributed by atoms with E-state index in [2.05, 4.69) is 15.6 Å². The minimum Gasteiger partial charge on any atom is -0.346 e. The Hall–Kier alpha value is -4.66. The van der Waals surface area contributed by atoms with Crippen LogP contribution in [0.2, 0.25) is 0 Å². The molecule has 8 nitrogen and oxygen atoms in total. The molecule has 2 heterocycles. The van der Waals surface area contributed by atoms with Crippen LogP contribution in [0.3, 0.4) is 0 Å². The Morgan fingerprint density at radius 1 is 0.912 bits per heavy atom. The van der Waals surface area contributed by atoms with E-state index in [4.69, 9.17) is 0 Å². The van der Waals surface area contributed by atoms with Gasteiger partial charge in [-0.3, -0.25) is 14.4 Å². The Morgan fingerprint density at radius 3 is 2.32 bits per heavy atom. The predicted octanol–water partition coefficient (Wildman–Crippen LogP) is 3.20. The summed E-state index contributed by atoms with van der Waals surface area (Å²) in [6, 6.07) is 19.0. The number of benzene rings is 3. The largest absolute Gasteiger partial charge is 0.346 e. The lowest BCUT2D eigenvalue weighted by atomic mass is 10.1. The molecule has 1 N–H and O–H groups in total. The first-order chi connectivity index (χ1) is 16.5. The van der Waals surface area contributed by atoms with E-state index in [-0.39, 0.29) is 18.3 Å². The van der Waals surface area contributed by atoms with Gasteiger partial charge in [0.15, 0.2) is 0 Å². The molecule has 1 aromatic heterocycles. The minimum atomic E-state index is -0.420. The van der Waals surface area contributed by atoms with Gasteiger partial charge < -0.3 is 5.32 Å². The molecule has 4 aromatic rings. The zero-order valence-corrected chi connectivity index (χ0v) is 17.8. The van der Waals surface area contributed by atoms with Crippen molar-refractivity contribution < 1.29 is 18.8 Å². The van der Waals surface area contributed by atoms with E-state index < -0.39 is 11.8 Å². The van der Waals surface area contributed by atoms with Gasteiger partial charge in [-0.2, -0.15) is 0 Å². The second-order valence-electron chi connectivity index (χ2n) is 7.76. The van der Waals surface area contributed by atoms with Crippen molar-refractivity contribution in [2.24, 2.45) is 0 Å². The van der Waals surface area contributed by atoms with Crippen LogP contribution in [0, 0.1) is 5.82 Å². The van der Waals surface area contributed by atoms with E-state index in [1.54, 1.807) is 65.5 Å². The normalized spacial score (nSPS) is 12.7. The summed E-state index contributed by atoms with van der Waals surface area (Å²) in [5.74, 6) is -1.53. The van der Waals surface area contributed by atoms with Crippen LogP contribution >= 0.6 is 0 Å². The fourth-order valence-corrected chi connectivity index (χ4v) is 3.76. The molecule has 9 heteroatoms. The topological polar surface area (TPSA) is 97.2 Å². The zero-order valence-electron chi connectivity index (χ0n) is 17.8. The van der Waals surface area contributed by atoms with Gasteiger partial charge in [0.05, 0.1) is 36.1 Å². The number of halogens is 1. The van der Waals surface area contributed by atoms with Crippen LogP contribution in [0.25, 0.3) is 0 Å². The summed E-state index contributed by atoms with van der Waals surface area (Å²) in [5, 5.41) is 10.8. The number of imide groups is 1. The van der Waals surface area contributed by atoms with E-state index in [9.17, 15) is 18.8 Å². The number of anilines is 1. The number of fused-ring (bicyclic) bond motifs is 1. The molecule has 5 rings (SSSR count). The number of hydrogen-bond donors (Lipinski definition) is 1. The van der Waals surface area contributed by atoms with Crippen LogP contribution < -0.4 is 10.2 Å². The Kier molecular flexibility index (Phi) is 5.43. The van der Waals surface area contributed by atoms with Crippen LogP contribution in [0.5, 0.6) is 0 Å². The number of hydrogen-bond acceptors (Lipinski definition) is 5. The van der Waals surface area contributed by atoms with E-state index in [0.717, 1.165) is 10.5 Å². The molecule has 34 heavy (non-hydrogen) atoms. The highest BCUT2D eigenvalue weighted by Gasteiger charge is 2.36. The van der Waals surface area contributed by atoms with E-state index >= 15 is 0 Å². The first kappa shape index (κ1) is 21.2. The summed E-state index contributed by atoms with van der Waals surface area (Å²) in [5.41, 5.74) is 2.72. The molecule has 1 aliphatic heterocycles. The average Bonchev–Trinajstić information content (AvgIpc) is 3.41. The predicted molar refractivity (Wildman–Crippen MR) is 121 cm³/mol. The van der Waals surface area contributed by atoms with Crippen LogP contribution in [-0.4, -0.2) is 32.7 Å². The molecule has 0 saturated heterocycles. The first-order valence-corrected chi connectivity index (χ1v) is 10.5. The summed E-state index contributed by atoms with van der Waals surface area (Å²) in [4.78, 5) is 39.2. The van der Waals surface area contributed by atoms with Crippen molar-refractivity contribution in [1.29, 1.82) is 0 Å². The maximum atomic E-state index is 13.0. The number of carbonyl (C=O) groups excluding carboxylic acids is 3. The standard InChI is InChI=1S/C25H18FN5O3/c26-18-10-8-16(9-11-18)14-30-15-19(28-29-30)13-27-23(32)17-4-3-5-20(12-17)31-24(33)21-6-1-2-7-22(21)25(31)34/h1-12,15H,13-14H2,(H,27,32). The lowest BCUT2D eigenvalue weighted by molar-refractivity contribution is 0.0919. The number of nitrogens with zero attached hydrogens (tertiary/aromatic N) is 4. The zero-order chi connectivity index (χ0) is 23.7. The van der Waals surface area contributed by atoms with Gasteiger partial charge in [-0.05, 0) is 48.0 Å². The third kappa shape index (κ3) is 4.06. The van der Waals surface area contributed by atoms with Crippen molar-refractivity contribution in [1.82, 2.24) is 20.3 Å². The number of nitrogens with one attached hydrogen (secondary N) is 1. The van der Waals surface area contributed by atoms with E-state index in [0.29, 0.717) is 34.6 Å². The molecule has 3 amide bonds. The third-order valence-corrected chi connectivity index (χ3v) is 5.43. The fourth-order valence-electron chi connectivity index (χ4n) is 3.76. The molecular formula is C25H18FN5O3. The number of carbonyl (C=O) groups is 3. The van der Waals surface area contributed by atoms with Crippen molar-refractivity contribution in [3.05, 3.63) is 113 Å². The SMILES string of the molecule is O=C(NCc1cn(Cc2ccc(F)cc2)nn1)c1cccc(N2C(=O)c3ccccc3C2=O)c1. The molecule has 0 saturated carbocycles. The first-order valence-electron chi connectivity index (χ1n) is 10.5. The average molecular weight is 455 g/mol. The quantitative estimate of drug-likeness (QED) is 0.451. The summed E-state index contributed by atoms with van der Waals surface area (Å²) in [6.07, 6.45) is 1.69. The maximum Gasteiger partial charge on any atom is 0.266 e. The Labute approximate surface area is 193 Å². The maximum absolute atomic E-state index is 13.0. The second kappa shape index (κ2) is 8.70. The summed E-state index contributed by atoms with van der Waals surface area (Å²) < 4.78 is 14.6. The summed E-state index contributed by atoms with van der Waals surface area (Å²) in [6.45, 7) is 0.559. The van der Waals surface area contributed by atoms with Gasteiger partial charge >= 0.3 is 0 Å². The molecule has 0 unspecified atom stereocenters. The van der Waals surface area contributed by atoms with Crippen molar-refractivity contribution in [3.8, 4) is 0 Å². The Balaban J connectivity index is 1.25.